The van der Waals surface area contributed by atoms with E-state index in [1.54, 1.807) is 23.1 Å². The largest absolute Gasteiger partial charge is 0.352 e. The molecular formula is C29H30Cl2N2O2. The quantitative estimate of drug-likeness (QED) is 0.372. The second kappa shape index (κ2) is 12.2. The second-order valence-electron chi connectivity index (χ2n) is 9.12. The first-order valence-electron chi connectivity index (χ1n) is 12.1. The van der Waals surface area contributed by atoms with E-state index >= 15 is 0 Å². The Kier molecular flexibility index (Phi) is 8.84. The number of rotatable bonds is 9. The summed E-state index contributed by atoms with van der Waals surface area (Å²) in [6, 6.07) is 24.3. The lowest BCUT2D eigenvalue weighted by Crippen LogP contribution is -2.52. The molecule has 1 atom stereocenters. The van der Waals surface area contributed by atoms with Crippen LogP contribution in [0.1, 0.15) is 42.4 Å². The van der Waals surface area contributed by atoms with Gasteiger partial charge in [0.25, 0.3) is 0 Å². The van der Waals surface area contributed by atoms with E-state index in [4.69, 9.17) is 23.2 Å². The summed E-state index contributed by atoms with van der Waals surface area (Å²) in [6.07, 6.45) is 4.73. The third kappa shape index (κ3) is 7.09. The molecule has 0 bridgehead atoms. The molecule has 182 valence electrons. The summed E-state index contributed by atoms with van der Waals surface area (Å²) in [5.74, 6) is -0.257. The minimum Gasteiger partial charge on any atom is -0.352 e. The minimum atomic E-state index is -0.642. The number of benzene rings is 3. The summed E-state index contributed by atoms with van der Waals surface area (Å²) in [4.78, 5) is 29.1. The molecule has 4 rings (SSSR count). The van der Waals surface area contributed by atoms with Crippen LogP contribution in [0.2, 0.25) is 10.0 Å². The zero-order valence-electron chi connectivity index (χ0n) is 19.6. The predicted octanol–water partition coefficient (Wildman–Crippen LogP) is 6.23. The smallest absolute Gasteiger partial charge is 0.243 e. The highest BCUT2D eigenvalue weighted by molar-refractivity contribution is 6.35. The highest BCUT2D eigenvalue weighted by atomic mass is 35.5. The Morgan fingerprint density at radius 1 is 0.886 bits per heavy atom. The SMILES string of the molecule is O=C(NC1CCCC1)[C@H](Cc1ccccc1)N(Cc1ccccc1)C(=O)Cc1ccc(Cl)cc1Cl. The van der Waals surface area contributed by atoms with E-state index in [2.05, 4.69) is 5.32 Å². The third-order valence-corrected chi connectivity index (χ3v) is 7.11. The predicted molar refractivity (Wildman–Crippen MR) is 141 cm³/mol. The first-order valence-corrected chi connectivity index (χ1v) is 12.9. The van der Waals surface area contributed by atoms with Gasteiger partial charge in [-0.15, -0.1) is 0 Å². The Hall–Kier alpha value is -2.82. The zero-order valence-corrected chi connectivity index (χ0v) is 21.1. The van der Waals surface area contributed by atoms with E-state index in [1.165, 1.54) is 0 Å². The fraction of sp³-hybridized carbons (Fsp3) is 0.310. The van der Waals surface area contributed by atoms with Gasteiger partial charge in [-0.1, -0.05) is 103 Å². The van der Waals surface area contributed by atoms with Crippen molar-refractivity contribution in [2.24, 2.45) is 0 Å². The van der Waals surface area contributed by atoms with Crippen LogP contribution in [0.3, 0.4) is 0 Å². The normalized spacial score (nSPS) is 14.5. The Labute approximate surface area is 217 Å². The molecule has 3 aromatic rings. The van der Waals surface area contributed by atoms with Gasteiger partial charge in [0.05, 0.1) is 6.42 Å². The topological polar surface area (TPSA) is 49.4 Å². The number of hydrogen-bond acceptors (Lipinski definition) is 2. The van der Waals surface area contributed by atoms with Crippen molar-refractivity contribution in [2.75, 3.05) is 0 Å². The van der Waals surface area contributed by atoms with Crippen LogP contribution in [0.25, 0.3) is 0 Å². The molecule has 0 heterocycles. The van der Waals surface area contributed by atoms with Gasteiger partial charge in [0, 0.05) is 29.1 Å². The van der Waals surface area contributed by atoms with E-state index in [0.717, 1.165) is 36.8 Å². The van der Waals surface area contributed by atoms with Gasteiger partial charge in [0.2, 0.25) is 11.8 Å². The van der Waals surface area contributed by atoms with Crippen LogP contribution in [0.5, 0.6) is 0 Å². The first-order chi connectivity index (χ1) is 17.0. The third-order valence-electron chi connectivity index (χ3n) is 6.53. The maximum atomic E-state index is 13.8. The summed E-state index contributed by atoms with van der Waals surface area (Å²) >= 11 is 12.4. The van der Waals surface area contributed by atoms with Crippen molar-refractivity contribution in [3.8, 4) is 0 Å². The second-order valence-corrected chi connectivity index (χ2v) is 9.96. The van der Waals surface area contributed by atoms with Crippen molar-refractivity contribution in [3.05, 3.63) is 106 Å². The van der Waals surface area contributed by atoms with E-state index in [-0.39, 0.29) is 24.3 Å². The van der Waals surface area contributed by atoms with Crippen LogP contribution in [0.15, 0.2) is 78.9 Å². The number of amides is 2. The molecule has 0 unspecified atom stereocenters. The van der Waals surface area contributed by atoms with Crippen LogP contribution >= 0.6 is 23.2 Å². The van der Waals surface area contributed by atoms with E-state index in [1.807, 2.05) is 60.7 Å². The number of nitrogens with zero attached hydrogens (tertiary/aromatic N) is 1. The van der Waals surface area contributed by atoms with Gasteiger partial charge in [-0.3, -0.25) is 9.59 Å². The van der Waals surface area contributed by atoms with Crippen molar-refractivity contribution < 1.29 is 9.59 Å². The molecule has 1 fully saturated rings. The van der Waals surface area contributed by atoms with Gasteiger partial charge in [-0.05, 0) is 41.7 Å². The summed E-state index contributed by atoms with van der Waals surface area (Å²) in [7, 11) is 0. The van der Waals surface area contributed by atoms with E-state index in [0.29, 0.717) is 28.6 Å². The van der Waals surface area contributed by atoms with Gasteiger partial charge in [0.1, 0.15) is 6.04 Å². The standard InChI is InChI=1S/C29H30Cl2N2O2/c30-24-16-15-23(26(31)19-24)18-28(34)33(20-22-11-5-2-6-12-22)27(17-21-9-3-1-4-10-21)29(35)32-25-13-7-8-14-25/h1-6,9-12,15-16,19,25,27H,7-8,13-14,17-18,20H2,(H,32,35)/t27-/m0/s1. The van der Waals surface area contributed by atoms with Gasteiger partial charge in [-0.2, -0.15) is 0 Å². The number of nitrogens with one attached hydrogen (secondary N) is 1. The highest BCUT2D eigenvalue weighted by Crippen LogP contribution is 2.24. The van der Waals surface area contributed by atoms with Crippen LogP contribution in [0, 0.1) is 0 Å². The number of carbonyl (C=O) groups is 2. The van der Waals surface area contributed by atoms with Gasteiger partial charge < -0.3 is 10.2 Å². The average molecular weight is 509 g/mol. The maximum Gasteiger partial charge on any atom is 0.243 e. The number of halogens is 2. The molecule has 2 amide bonds. The van der Waals surface area contributed by atoms with Crippen molar-refractivity contribution in [2.45, 2.75) is 57.2 Å². The highest BCUT2D eigenvalue weighted by Gasteiger charge is 2.32. The summed E-state index contributed by atoms with van der Waals surface area (Å²) in [5.41, 5.74) is 2.66. The molecule has 3 aromatic carbocycles. The van der Waals surface area contributed by atoms with Crippen LogP contribution in [-0.2, 0) is 29.0 Å². The van der Waals surface area contributed by atoms with Crippen LogP contribution < -0.4 is 5.32 Å². The lowest BCUT2D eigenvalue weighted by molar-refractivity contribution is -0.141. The molecule has 4 nitrogen and oxygen atoms in total. The van der Waals surface area contributed by atoms with Gasteiger partial charge in [-0.25, -0.2) is 0 Å². The molecular weight excluding hydrogens is 479 g/mol. The fourth-order valence-electron chi connectivity index (χ4n) is 4.63. The minimum absolute atomic E-state index is 0.0881. The molecule has 6 heteroatoms. The van der Waals surface area contributed by atoms with Gasteiger partial charge >= 0.3 is 0 Å². The van der Waals surface area contributed by atoms with Crippen molar-refractivity contribution in [3.63, 3.8) is 0 Å². The average Bonchev–Trinajstić information content (AvgIpc) is 3.37. The molecule has 1 aliphatic rings. The van der Waals surface area contributed by atoms with Crippen LogP contribution in [-0.4, -0.2) is 28.8 Å². The van der Waals surface area contributed by atoms with Gasteiger partial charge in [0.15, 0.2) is 0 Å². The fourth-order valence-corrected chi connectivity index (χ4v) is 5.11. The number of hydrogen-bond donors (Lipinski definition) is 1. The molecule has 0 aliphatic heterocycles. The summed E-state index contributed by atoms with van der Waals surface area (Å²) in [5, 5.41) is 4.19. The Balaban J connectivity index is 1.65. The molecule has 1 aliphatic carbocycles. The molecule has 0 radical (unpaired) electrons. The van der Waals surface area contributed by atoms with E-state index in [9.17, 15) is 9.59 Å². The van der Waals surface area contributed by atoms with Crippen molar-refractivity contribution in [1.29, 1.82) is 0 Å². The maximum absolute atomic E-state index is 13.8. The molecule has 0 spiro atoms. The Morgan fingerprint density at radius 3 is 2.14 bits per heavy atom. The molecule has 1 saturated carbocycles. The molecule has 1 N–H and O–H groups in total. The Bertz CT molecular complexity index is 1130. The Morgan fingerprint density at radius 2 is 1.51 bits per heavy atom. The first kappa shape index (κ1) is 25.3. The number of carbonyl (C=O) groups excluding carboxylic acids is 2. The summed E-state index contributed by atoms with van der Waals surface area (Å²) < 4.78 is 0. The molecule has 0 aromatic heterocycles. The van der Waals surface area contributed by atoms with E-state index < -0.39 is 6.04 Å². The summed E-state index contributed by atoms with van der Waals surface area (Å²) in [6.45, 7) is 0.334. The zero-order chi connectivity index (χ0) is 24.6. The van der Waals surface area contributed by atoms with Crippen molar-refractivity contribution >= 4 is 35.0 Å². The molecule has 35 heavy (non-hydrogen) atoms. The molecule has 0 saturated heterocycles. The lowest BCUT2D eigenvalue weighted by atomic mass is 10.0. The van der Waals surface area contributed by atoms with Crippen molar-refractivity contribution in [1.82, 2.24) is 10.2 Å². The monoisotopic (exact) mass is 508 g/mol. The van der Waals surface area contributed by atoms with Crippen LogP contribution in [0.4, 0.5) is 0 Å². The lowest BCUT2D eigenvalue weighted by Gasteiger charge is -2.32.